The van der Waals surface area contributed by atoms with Crippen LogP contribution in [0.15, 0.2) is 78.9 Å². The normalized spacial score (nSPS) is 12.2. The fourth-order valence-corrected chi connectivity index (χ4v) is 5.94. The summed E-state index contributed by atoms with van der Waals surface area (Å²) in [5, 5.41) is 0. The number of benzene rings is 4. The van der Waals surface area contributed by atoms with Gasteiger partial charge in [0.15, 0.2) is 11.0 Å². The van der Waals surface area contributed by atoms with Gasteiger partial charge in [-0.15, -0.1) is 0 Å². The van der Waals surface area contributed by atoms with Crippen molar-refractivity contribution < 1.29 is 4.57 Å². The van der Waals surface area contributed by atoms with Gasteiger partial charge < -0.3 is 0 Å². The topological polar surface area (TPSA) is 8.81 Å². The fraction of sp³-hybridized carbons (Fsp3) is 0.342. The maximum absolute atomic E-state index is 2.57. The Balaban J connectivity index is 1.95. The van der Waals surface area contributed by atoms with Gasteiger partial charge in [0.1, 0.15) is 5.69 Å². The highest BCUT2D eigenvalue weighted by molar-refractivity contribution is 5.79. The smallest absolute Gasteiger partial charge is 0.225 e. The third kappa shape index (κ3) is 4.89. The molecule has 0 atom stereocenters. The van der Waals surface area contributed by atoms with E-state index in [2.05, 4.69) is 157 Å². The SMILES string of the molecule is Cc1ccc2c(c1)n(C)c(-c1cc(C(C)(C)C)ccc1C)[n+]2-c1c(C(C)C)cc(-c2ccccc2)cc1C(C)C. The summed E-state index contributed by atoms with van der Waals surface area (Å²) in [6, 6.07) is 29.6. The number of aryl methyl sites for hydroxylation is 3. The third-order valence-electron chi connectivity index (χ3n) is 8.35. The van der Waals surface area contributed by atoms with Crippen LogP contribution in [0.4, 0.5) is 0 Å². The van der Waals surface area contributed by atoms with Crippen molar-refractivity contribution in [2.24, 2.45) is 7.05 Å². The minimum Gasteiger partial charge on any atom is -0.225 e. The molecule has 0 unspecified atom stereocenters. The number of fused-ring (bicyclic) bond motifs is 1. The first kappa shape index (κ1) is 27.9. The number of nitrogens with zero attached hydrogens (tertiary/aromatic N) is 2. The maximum Gasteiger partial charge on any atom is 0.295 e. The highest BCUT2D eigenvalue weighted by Crippen LogP contribution is 2.38. The molecule has 2 nitrogen and oxygen atoms in total. The molecule has 0 saturated heterocycles. The molecule has 5 rings (SSSR count). The Hall–Kier alpha value is -3.65. The Morgan fingerprint density at radius 1 is 0.700 bits per heavy atom. The molecule has 0 amide bonds. The highest BCUT2D eigenvalue weighted by Gasteiger charge is 2.32. The van der Waals surface area contributed by atoms with Gasteiger partial charge in [-0.05, 0) is 89.2 Å². The molecule has 40 heavy (non-hydrogen) atoms. The lowest BCUT2D eigenvalue weighted by molar-refractivity contribution is -0.557. The van der Waals surface area contributed by atoms with Crippen molar-refractivity contribution in [3.63, 3.8) is 0 Å². The van der Waals surface area contributed by atoms with Crippen molar-refractivity contribution in [2.75, 3.05) is 0 Å². The minimum atomic E-state index is 0.0674. The second-order valence-corrected chi connectivity index (χ2v) is 13.2. The van der Waals surface area contributed by atoms with Crippen molar-refractivity contribution in [3.8, 4) is 28.2 Å². The van der Waals surface area contributed by atoms with E-state index < -0.39 is 0 Å². The second-order valence-electron chi connectivity index (χ2n) is 13.2. The van der Waals surface area contributed by atoms with E-state index in [-0.39, 0.29) is 5.41 Å². The van der Waals surface area contributed by atoms with Crippen LogP contribution in [0.3, 0.4) is 0 Å². The third-order valence-corrected chi connectivity index (χ3v) is 8.35. The summed E-state index contributed by atoms with van der Waals surface area (Å²) < 4.78 is 4.99. The minimum absolute atomic E-state index is 0.0674. The van der Waals surface area contributed by atoms with Crippen LogP contribution in [0, 0.1) is 13.8 Å². The monoisotopic (exact) mass is 529 g/mol. The molecule has 0 aliphatic rings. The zero-order chi connectivity index (χ0) is 28.9. The van der Waals surface area contributed by atoms with Crippen molar-refractivity contribution in [1.82, 2.24) is 4.57 Å². The highest BCUT2D eigenvalue weighted by atomic mass is 15.2. The molecule has 2 heteroatoms. The molecular weight excluding hydrogens is 484 g/mol. The Morgan fingerprint density at radius 2 is 1.32 bits per heavy atom. The van der Waals surface area contributed by atoms with E-state index in [0.29, 0.717) is 11.8 Å². The average molecular weight is 530 g/mol. The Labute approximate surface area is 241 Å². The van der Waals surface area contributed by atoms with E-state index >= 15 is 0 Å². The van der Waals surface area contributed by atoms with Gasteiger partial charge in [0, 0.05) is 11.1 Å². The number of rotatable bonds is 5. The molecule has 0 bridgehead atoms. The van der Waals surface area contributed by atoms with E-state index in [1.54, 1.807) is 0 Å². The Morgan fingerprint density at radius 3 is 1.90 bits per heavy atom. The first-order valence-electron chi connectivity index (χ1n) is 14.7. The van der Waals surface area contributed by atoms with Gasteiger partial charge in [0.05, 0.1) is 12.6 Å². The molecule has 0 spiro atoms. The number of hydrogen-bond donors (Lipinski definition) is 0. The van der Waals surface area contributed by atoms with Crippen LogP contribution in [0.2, 0.25) is 0 Å². The van der Waals surface area contributed by atoms with Gasteiger partial charge >= 0.3 is 0 Å². The molecule has 1 aromatic heterocycles. The molecule has 0 saturated carbocycles. The van der Waals surface area contributed by atoms with Gasteiger partial charge in [0.2, 0.25) is 0 Å². The van der Waals surface area contributed by atoms with E-state index in [9.17, 15) is 0 Å². The predicted octanol–water partition coefficient (Wildman–Crippen LogP) is 9.95. The van der Waals surface area contributed by atoms with E-state index in [1.165, 1.54) is 67.1 Å². The lowest BCUT2D eigenvalue weighted by Crippen LogP contribution is -2.36. The lowest BCUT2D eigenvalue weighted by atomic mass is 9.85. The zero-order valence-electron chi connectivity index (χ0n) is 26.1. The molecule has 206 valence electrons. The number of imidazole rings is 1. The van der Waals surface area contributed by atoms with E-state index in [0.717, 1.165) is 0 Å². The second kappa shape index (κ2) is 10.4. The Kier molecular flexibility index (Phi) is 7.25. The van der Waals surface area contributed by atoms with Crippen molar-refractivity contribution >= 4 is 11.0 Å². The predicted molar refractivity (Wildman–Crippen MR) is 172 cm³/mol. The molecule has 1 heterocycles. The van der Waals surface area contributed by atoms with Crippen molar-refractivity contribution in [2.45, 2.75) is 79.6 Å². The summed E-state index contributed by atoms with van der Waals surface area (Å²) in [4.78, 5) is 0. The summed E-state index contributed by atoms with van der Waals surface area (Å²) in [5.74, 6) is 1.96. The molecule has 0 aliphatic carbocycles. The standard InChI is InChI=1S/C38H45N2/c1-24(2)31-21-29(28-14-12-11-13-15-28)22-32(25(3)4)36(31)40-34-19-16-26(5)20-35(34)39(10)37(40)33-23-30(38(7,8)9)18-17-27(33)6/h11-25H,1-10H3/q+1. The maximum atomic E-state index is 2.57. The van der Waals surface area contributed by atoms with Crippen LogP contribution in [0.5, 0.6) is 0 Å². The van der Waals surface area contributed by atoms with Gasteiger partial charge in [-0.25, -0.2) is 4.57 Å². The summed E-state index contributed by atoms with van der Waals surface area (Å²) in [6.45, 7) is 20.7. The van der Waals surface area contributed by atoms with Crippen molar-refractivity contribution in [1.29, 1.82) is 0 Å². The van der Waals surface area contributed by atoms with Crippen molar-refractivity contribution in [3.05, 3.63) is 107 Å². The zero-order valence-corrected chi connectivity index (χ0v) is 26.1. The molecule has 0 fully saturated rings. The van der Waals surface area contributed by atoms with Gasteiger partial charge in [-0.1, -0.05) is 97.0 Å². The number of hydrogen-bond acceptors (Lipinski definition) is 0. The van der Waals surface area contributed by atoms with Gasteiger partial charge in [0.25, 0.3) is 5.82 Å². The van der Waals surface area contributed by atoms with Crippen LogP contribution in [-0.2, 0) is 12.5 Å². The molecule has 0 radical (unpaired) electrons. The number of aromatic nitrogens is 2. The molecule has 0 aliphatic heterocycles. The summed E-state index contributed by atoms with van der Waals surface area (Å²) in [5.41, 5.74) is 14.4. The summed E-state index contributed by atoms with van der Waals surface area (Å²) in [7, 11) is 2.24. The molecule has 4 aromatic carbocycles. The summed E-state index contributed by atoms with van der Waals surface area (Å²) in [6.07, 6.45) is 0. The molecular formula is C38H45N2+. The average Bonchev–Trinajstić information content (AvgIpc) is 3.18. The largest absolute Gasteiger partial charge is 0.295 e. The Bertz CT molecular complexity index is 1660. The van der Waals surface area contributed by atoms with Crippen LogP contribution < -0.4 is 4.57 Å². The van der Waals surface area contributed by atoms with Crippen LogP contribution in [0.25, 0.3) is 39.2 Å². The molecule has 5 aromatic rings. The van der Waals surface area contributed by atoms with Gasteiger partial charge in [-0.2, -0.15) is 4.57 Å². The quantitative estimate of drug-likeness (QED) is 0.200. The first-order chi connectivity index (χ1) is 18.9. The summed E-state index contributed by atoms with van der Waals surface area (Å²) >= 11 is 0. The van der Waals surface area contributed by atoms with Crippen LogP contribution in [-0.4, -0.2) is 4.57 Å². The van der Waals surface area contributed by atoms with E-state index in [1.807, 2.05) is 0 Å². The van der Waals surface area contributed by atoms with Crippen LogP contribution in [0.1, 0.15) is 88.1 Å². The van der Waals surface area contributed by atoms with Gasteiger partial charge in [-0.3, -0.25) is 0 Å². The first-order valence-corrected chi connectivity index (χ1v) is 14.7. The van der Waals surface area contributed by atoms with E-state index in [4.69, 9.17) is 0 Å². The molecule has 0 N–H and O–H groups in total. The lowest BCUT2D eigenvalue weighted by Gasteiger charge is -2.22. The van der Waals surface area contributed by atoms with Crippen LogP contribution >= 0.6 is 0 Å². The fourth-order valence-electron chi connectivity index (χ4n) is 5.94.